The van der Waals surface area contributed by atoms with Gasteiger partial charge in [-0.1, -0.05) is 5.22 Å². The van der Waals surface area contributed by atoms with Crippen LogP contribution in [0.3, 0.4) is 0 Å². The summed E-state index contributed by atoms with van der Waals surface area (Å²) in [5.74, 6) is 0. The number of ether oxygens (including phenoxy) is 1. The van der Waals surface area contributed by atoms with Crippen LogP contribution in [-0.4, -0.2) is 58.6 Å². The zero-order chi connectivity index (χ0) is 18.4. The second kappa shape index (κ2) is 7.99. The highest BCUT2D eigenvalue weighted by Gasteiger charge is 2.22. The predicted octanol–water partition coefficient (Wildman–Crippen LogP) is 2.28. The maximum atomic E-state index is 11.6. The largest absolute Gasteiger partial charge is 0.450 e. The van der Waals surface area contributed by atoms with Gasteiger partial charge in [0, 0.05) is 19.2 Å². The van der Waals surface area contributed by atoms with Crippen LogP contribution in [0.5, 0.6) is 0 Å². The van der Waals surface area contributed by atoms with Crippen LogP contribution in [0.15, 0.2) is 28.5 Å². The molecule has 1 saturated heterocycles. The van der Waals surface area contributed by atoms with Crippen molar-refractivity contribution in [2.45, 2.75) is 6.92 Å². The highest BCUT2D eigenvalue weighted by atomic mass is 16.6. The molecule has 134 valence electrons. The molecule has 1 aliphatic rings. The molecule has 1 heterocycles. The molecule has 0 bridgehead atoms. The van der Waals surface area contributed by atoms with Crippen LogP contribution in [0, 0.1) is 20.2 Å². The molecule has 0 spiro atoms. The summed E-state index contributed by atoms with van der Waals surface area (Å²) in [4.78, 5) is 33.4. The van der Waals surface area contributed by atoms with E-state index in [0.29, 0.717) is 32.8 Å². The van der Waals surface area contributed by atoms with E-state index in [1.54, 1.807) is 11.9 Å². The summed E-state index contributed by atoms with van der Waals surface area (Å²) in [6.45, 7) is 3.58. The molecule has 1 fully saturated rings. The van der Waals surface area contributed by atoms with Gasteiger partial charge in [0.05, 0.1) is 35.6 Å². The van der Waals surface area contributed by atoms with Crippen molar-refractivity contribution in [1.29, 1.82) is 0 Å². The third-order valence-corrected chi connectivity index (χ3v) is 3.43. The van der Waals surface area contributed by atoms with E-state index < -0.39 is 27.3 Å². The average Bonchev–Trinajstić information content (AvgIpc) is 2.60. The number of carbonyl (C=O) groups excluding carboxylic acids is 1. The van der Waals surface area contributed by atoms with Crippen LogP contribution in [0.25, 0.3) is 0 Å². The average molecular weight is 352 g/mol. The maximum Gasteiger partial charge on any atom is 0.409 e. The van der Waals surface area contributed by atoms with E-state index in [9.17, 15) is 25.0 Å². The zero-order valence-electron chi connectivity index (χ0n) is 13.4. The number of non-ortho nitro benzene ring substituents is 1. The zero-order valence-corrected chi connectivity index (χ0v) is 13.4. The van der Waals surface area contributed by atoms with E-state index in [-0.39, 0.29) is 5.69 Å². The van der Waals surface area contributed by atoms with Gasteiger partial charge in [-0.2, -0.15) is 0 Å². The molecule has 0 aliphatic carbocycles. The first-order valence-electron chi connectivity index (χ1n) is 7.43. The number of piperazine rings is 1. The summed E-state index contributed by atoms with van der Waals surface area (Å²) >= 11 is 0. The lowest BCUT2D eigenvalue weighted by molar-refractivity contribution is -0.393. The molecule has 0 atom stereocenters. The molecule has 12 heteroatoms. The number of hydrogen-bond donors (Lipinski definition) is 0. The van der Waals surface area contributed by atoms with Crippen molar-refractivity contribution in [3.8, 4) is 0 Å². The fraction of sp³-hybridized carbons (Fsp3) is 0.462. The van der Waals surface area contributed by atoms with Crippen molar-refractivity contribution in [3.63, 3.8) is 0 Å². The van der Waals surface area contributed by atoms with Crippen molar-refractivity contribution in [2.24, 2.45) is 10.3 Å². The van der Waals surface area contributed by atoms with E-state index in [1.165, 1.54) is 11.0 Å². The number of rotatable bonds is 5. The molecule has 0 N–H and O–H groups in total. The number of nitrogens with zero attached hydrogens (tertiary/aromatic N) is 6. The molecule has 0 aromatic heterocycles. The minimum absolute atomic E-state index is 0.0802. The Balaban J connectivity index is 2.04. The lowest BCUT2D eigenvalue weighted by atomic mass is 10.2. The van der Waals surface area contributed by atoms with E-state index in [1.807, 2.05) is 0 Å². The van der Waals surface area contributed by atoms with Crippen LogP contribution in [0.4, 0.5) is 21.9 Å². The van der Waals surface area contributed by atoms with Gasteiger partial charge in [-0.25, -0.2) is 4.79 Å². The van der Waals surface area contributed by atoms with Gasteiger partial charge in [0.1, 0.15) is 0 Å². The van der Waals surface area contributed by atoms with Gasteiger partial charge in [0.15, 0.2) is 5.69 Å². The molecular formula is C13H16N6O6. The number of nitro groups is 2. The van der Waals surface area contributed by atoms with Crippen LogP contribution in [0.1, 0.15) is 6.92 Å². The highest BCUT2D eigenvalue weighted by Crippen LogP contribution is 2.31. The number of carbonyl (C=O) groups is 1. The molecule has 0 unspecified atom stereocenters. The van der Waals surface area contributed by atoms with Gasteiger partial charge in [0.25, 0.3) is 5.69 Å². The van der Waals surface area contributed by atoms with E-state index in [2.05, 4.69) is 10.3 Å². The molecule has 2 rings (SSSR count). The third-order valence-electron chi connectivity index (χ3n) is 3.43. The molecule has 0 radical (unpaired) electrons. The van der Waals surface area contributed by atoms with Crippen molar-refractivity contribution in [1.82, 2.24) is 9.91 Å². The molecule has 1 amide bonds. The quantitative estimate of drug-likeness (QED) is 0.449. The summed E-state index contributed by atoms with van der Waals surface area (Å²) in [5.41, 5.74) is -0.972. The van der Waals surface area contributed by atoms with Crippen LogP contribution >= 0.6 is 0 Å². The van der Waals surface area contributed by atoms with E-state index >= 15 is 0 Å². The Morgan fingerprint density at radius 1 is 1.20 bits per heavy atom. The Kier molecular flexibility index (Phi) is 5.76. The Morgan fingerprint density at radius 3 is 2.44 bits per heavy atom. The van der Waals surface area contributed by atoms with Crippen molar-refractivity contribution in [2.75, 3.05) is 32.8 Å². The SMILES string of the molecule is CCOC(=O)N1CCN(N=Nc2ccc([N+](=O)[O-])cc2[N+](=O)[O-])CC1. The maximum absolute atomic E-state index is 11.6. The summed E-state index contributed by atoms with van der Waals surface area (Å²) in [7, 11) is 0. The normalized spacial score (nSPS) is 14.6. The van der Waals surface area contributed by atoms with Gasteiger partial charge in [-0.05, 0) is 13.0 Å². The van der Waals surface area contributed by atoms with Gasteiger partial charge >= 0.3 is 11.8 Å². The highest BCUT2D eigenvalue weighted by molar-refractivity contribution is 5.67. The van der Waals surface area contributed by atoms with Crippen molar-refractivity contribution in [3.05, 3.63) is 38.4 Å². The van der Waals surface area contributed by atoms with Gasteiger partial charge in [-0.15, -0.1) is 5.11 Å². The first-order valence-corrected chi connectivity index (χ1v) is 7.43. The number of hydrogen-bond acceptors (Lipinski definition) is 8. The fourth-order valence-electron chi connectivity index (χ4n) is 2.15. The topological polar surface area (TPSA) is 144 Å². The van der Waals surface area contributed by atoms with Crippen LogP contribution in [0.2, 0.25) is 0 Å². The minimum atomic E-state index is -0.750. The Hall–Kier alpha value is -3.31. The summed E-state index contributed by atoms with van der Waals surface area (Å²) in [6, 6.07) is 3.14. The molecule has 1 aromatic carbocycles. The lowest BCUT2D eigenvalue weighted by Crippen LogP contribution is -2.46. The van der Waals surface area contributed by atoms with Gasteiger partial charge < -0.3 is 9.64 Å². The molecule has 25 heavy (non-hydrogen) atoms. The fourth-order valence-corrected chi connectivity index (χ4v) is 2.15. The second-order valence-electron chi connectivity index (χ2n) is 5.02. The Bertz CT molecular complexity index is 700. The van der Waals surface area contributed by atoms with E-state index in [4.69, 9.17) is 4.74 Å². The van der Waals surface area contributed by atoms with Crippen molar-refractivity contribution >= 4 is 23.2 Å². The Labute approximate surface area is 141 Å². The standard InChI is InChI=1S/C13H16N6O6/c1-2-25-13(20)16-5-7-17(8-6-16)15-14-11-4-3-10(18(21)22)9-12(11)19(23)24/h3-4,9H,2,5-8H2,1H3. The van der Waals surface area contributed by atoms with Gasteiger partial charge in [-0.3, -0.25) is 25.2 Å². The summed E-state index contributed by atoms with van der Waals surface area (Å²) < 4.78 is 4.90. The molecule has 0 saturated carbocycles. The molecule has 12 nitrogen and oxygen atoms in total. The van der Waals surface area contributed by atoms with Crippen LogP contribution in [-0.2, 0) is 4.74 Å². The number of benzene rings is 1. The first-order chi connectivity index (χ1) is 11.9. The molecule has 1 aromatic rings. The predicted molar refractivity (Wildman–Crippen MR) is 84.4 cm³/mol. The van der Waals surface area contributed by atoms with E-state index in [0.717, 1.165) is 12.1 Å². The lowest BCUT2D eigenvalue weighted by Gasteiger charge is -2.31. The van der Waals surface area contributed by atoms with Crippen molar-refractivity contribution < 1.29 is 19.4 Å². The monoisotopic (exact) mass is 352 g/mol. The Morgan fingerprint density at radius 2 is 1.88 bits per heavy atom. The minimum Gasteiger partial charge on any atom is -0.450 e. The third kappa shape index (κ3) is 4.59. The first kappa shape index (κ1) is 18.0. The number of nitro benzene ring substituents is 2. The smallest absolute Gasteiger partial charge is 0.409 e. The summed E-state index contributed by atoms with van der Waals surface area (Å²) in [5, 5.41) is 31.0. The molecular weight excluding hydrogens is 336 g/mol. The van der Waals surface area contributed by atoms with Gasteiger partial charge in [0.2, 0.25) is 0 Å². The summed E-state index contributed by atoms with van der Waals surface area (Å²) in [6.07, 6.45) is -0.398. The number of amides is 1. The van der Waals surface area contributed by atoms with Crippen LogP contribution < -0.4 is 0 Å². The molecule has 1 aliphatic heterocycles. The second-order valence-corrected chi connectivity index (χ2v) is 5.02.